The van der Waals surface area contributed by atoms with Crippen LogP contribution in [0.25, 0.3) is 11.1 Å². The molecule has 4 N–H and O–H groups in total. The predicted octanol–water partition coefficient (Wildman–Crippen LogP) is 3.33. The highest BCUT2D eigenvalue weighted by molar-refractivity contribution is 7.85. The number of benzene rings is 1. The van der Waals surface area contributed by atoms with Crippen molar-refractivity contribution in [3.63, 3.8) is 0 Å². The molecule has 2 aliphatic carbocycles. The standard InChI is InChI=1S/C22H25N5O3S.C10H12ClN3O2S/c28-13-22(8-9-22)26-19-18-16(7-12-31(18)29)24-21(25-19)27-10-5-14(6-11-27)20-23-15-3-1-2-4-17(15)30-20;11-9-12-6-1-4-17(16)7(6)8(13-9)14-10(5-15)2-3-10/h1-4,14,28H,5-13H2,(H,24,25,26);15H,1-5H2,(H,12,13,14). The number of fused-ring (bicyclic) bond motifs is 3. The van der Waals surface area contributed by atoms with Crippen LogP contribution in [-0.2, 0) is 34.4 Å². The van der Waals surface area contributed by atoms with E-state index in [1.165, 1.54) is 0 Å². The minimum absolute atomic E-state index is 0.0516. The van der Waals surface area contributed by atoms with E-state index >= 15 is 0 Å². The van der Waals surface area contributed by atoms with Gasteiger partial charge >= 0.3 is 0 Å². The van der Waals surface area contributed by atoms with Crippen LogP contribution >= 0.6 is 11.6 Å². The number of aryl methyl sites for hydroxylation is 2. The fraction of sp³-hybridized carbons (Fsp3) is 0.531. The molecule has 9 rings (SSSR count). The molecule has 1 aromatic carbocycles. The number of halogens is 1. The Labute approximate surface area is 287 Å². The molecule has 2 atom stereocenters. The summed E-state index contributed by atoms with van der Waals surface area (Å²) in [4.78, 5) is 26.0. The van der Waals surface area contributed by atoms with E-state index < -0.39 is 21.6 Å². The van der Waals surface area contributed by atoms with Crippen molar-refractivity contribution < 1.29 is 23.0 Å². The van der Waals surface area contributed by atoms with E-state index in [1.54, 1.807) is 0 Å². The molecule has 16 heteroatoms. The number of hydrogen-bond acceptors (Lipinski definition) is 13. The lowest BCUT2D eigenvalue weighted by molar-refractivity contribution is 0.265. The van der Waals surface area contributed by atoms with E-state index in [0.29, 0.717) is 46.8 Å². The zero-order valence-corrected chi connectivity index (χ0v) is 28.7. The second-order valence-electron chi connectivity index (χ2n) is 13.3. The van der Waals surface area contributed by atoms with Crippen LogP contribution in [0.5, 0.6) is 0 Å². The van der Waals surface area contributed by atoms with Gasteiger partial charge in [-0.1, -0.05) is 12.1 Å². The Balaban J connectivity index is 0.000000167. The summed E-state index contributed by atoms with van der Waals surface area (Å²) in [5.41, 5.74) is 2.77. The Bertz CT molecular complexity index is 1890. The lowest BCUT2D eigenvalue weighted by atomic mass is 9.97. The largest absolute Gasteiger partial charge is 0.440 e. The molecule has 13 nitrogen and oxygen atoms in total. The monoisotopic (exact) mass is 712 g/mol. The van der Waals surface area contributed by atoms with Gasteiger partial charge in [-0.25, -0.2) is 15.0 Å². The number of para-hydroxylation sites is 2. The first-order valence-corrected chi connectivity index (χ1v) is 19.4. The van der Waals surface area contributed by atoms with Crippen LogP contribution in [0.4, 0.5) is 17.6 Å². The second kappa shape index (κ2) is 12.6. The van der Waals surface area contributed by atoms with Gasteiger partial charge < -0.3 is 30.2 Å². The molecular weight excluding hydrogens is 676 g/mol. The Kier molecular flexibility index (Phi) is 8.38. The fourth-order valence-corrected chi connectivity index (χ4v) is 9.30. The SMILES string of the molecule is O=S1CCc2nc(Cl)nc(NC3(CO)CC3)c21.O=S1CCc2nc(N3CCC(c4nc5ccccc5o4)CC3)nc(NC3(CO)CC3)c21. The highest BCUT2D eigenvalue weighted by Gasteiger charge is 2.45. The van der Waals surface area contributed by atoms with Crippen LogP contribution < -0.4 is 15.5 Å². The van der Waals surface area contributed by atoms with Crippen molar-refractivity contribution in [1.82, 2.24) is 24.9 Å². The molecule has 48 heavy (non-hydrogen) atoms. The number of oxazole rings is 1. The van der Waals surface area contributed by atoms with Gasteiger partial charge in [-0.05, 0) is 62.3 Å². The number of hydrogen-bond donors (Lipinski definition) is 4. The number of rotatable bonds is 8. The summed E-state index contributed by atoms with van der Waals surface area (Å²) in [6.07, 6.45) is 6.81. The highest BCUT2D eigenvalue weighted by Crippen LogP contribution is 2.42. The molecule has 254 valence electrons. The van der Waals surface area contributed by atoms with Gasteiger partial charge in [-0.2, -0.15) is 9.97 Å². The normalized spacial score (nSPS) is 23.3. The number of nitrogens with zero attached hydrogens (tertiary/aromatic N) is 6. The summed E-state index contributed by atoms with van der Waals surface area (Å²) in [5.74, 6) is 4.12. The third-order valence-corrected chi connectivity index (χ3v) is 12.9. The Morgan fingerprint density at radius 1 is 0.833 bits per heavy atom. The number of aliphatic hydroxyl groups is 2. The lowest BCUT2D eigenvalue weighted by Crippen LogP contribution is -2.35. The van der Waals surface area contributed by atoms with Gasteiger partial charge in [0.05, 0.1) is 57.3 Å². The maximum Gasteiger partial charge on any atom is 0.227 e. The van der Waals surface area contributed by atoms with Crippen LogP contribution in [0.15, 0.2) is 38.5 Å². The van der Waals surface area contributed by atoms with Gasteiger partial charge in [-0.15, -0.1) is 0 Å². The summed E-state index contributed by atoms with van der Waals surface area (Å²) in [6, 6.07) is 7.88. The quantitative estimate of drug-likeness (QED) is 0.196. The van der Waals surface area contributed by atoms with E-state index in [0.717, 1.165) is 84.9 Å². The first kappa shape index (κ1) is 32.0. The van der Waals surface area contributed by atoms with E-state index in [4.69, 9.17) is 26.0 Å². The minimum Gasteiger partial charge on any atom is -0.440 e. The molecule has 3 aromatic heterocycles. The van der Waals surface area contributed by atoms with Gasteiger partial charge in [0.25, 0.3) is 0 Å². The van der Waals surface area contributed by atoms with Crippen LogP contribution in [0, 0.1) is 0 Å². The smallest absolute Gasteiger partial charge is 0.227 e. The number of aliphatic hydroxyl groups excluding tert-OH is 2. The third kappa shape index (κ3) is 6.19. The summed E-state index contributed by atoms with van der Waals surface area (Å²) in [7, 11) is -2.13. The molecule has 3 fully saturated rings. The summed E-state index contributed by atoms with van der Waals surface area (Å²) >= 11 is 5.85. The van der Waals surface area contributed by atoms with E-state index in [1.807, 2.05) is 24.3 Å². The van der Waals surface area contributed by atoms with Crippen molar-refractivity contribution in [1.29, 1.82) is 0 Å². The van der Waals surface area contributed by atoms with Gasteiger partial charge in [-0.3, -0.25) is 8.42 Å². The molecule has 6 heterocycles. The summed E-state index contributed by atoms with van der Waals surface area (Å²) in [5, 5.41) is 25.8. The minimum atomic E-state index is -1.08. The van der Waals surface area contributed by atoms with Crippen molar-refractivity contribution >= 4 is 61.9 Å². The second-order valence-corrected chi connectivity index (χ2v) is 16.6. The molecule has 0 amide bonds. The summed E-state index contributed by atoms with van der Waals surface area (Å²) < 4.78 is 30.4. The van der Waals surface area contributed by atoms with E-state index in [2.05, 4.69) is 30.5 Å². The first-order chi connectivity index (χ1) is 23.3. The molecular formula is C32H37ClN8O5S2. The molecule has 1 saturated heterocycles. The number of nitrogens with one attached hydrogen (secondary N) is 2. The van der Waals surface area contributed by atoms with Crippen LogP contribution in [0.3, 0.4) is 0 Å². The van der Waals surface area contributed by atoms with Crippen molar-refractivity contribution in [3.8, 4) is 0 Å². The van der Waals surface area contributed by atoms with Gasteiger partial charge in [0, 0.05) is 43.4 Å². The average molecular weight is 713 g/mol. The number of aromatic nitrogens is 5. The zero-order chi connectivity index (χ0) is 33.0. The lowest BCUT2D eigenvalue weighted by Gasteiger charge is -2.31. The Hall–Kier alpha value is -3.24. The molecule has 4 aromatic rings. The Morgan fingerprint density at radius 2 is 1.42 bits per heavy atom. The first-order valence-electron chi connectivity index (χ1n) is 16.4. The van der Waals surface area contributed by atoms with Crippen LogP contribution in [0.1, 0.15) is 61.7 Å². The van der Waals surface area contributed by atoms with E-state index in [-0.39, 0.29) is 35.5 Å². The molecule has 2 unspecified atom stereocenters. The van der Waals surface area contributed by atoms with Crippen LogP contribution in [-0.4, -0.2) is 92.4 Å². The predicted molar refractivity (Wildman–Crippen MR) is 183 cm³/mol. The van der Waals surface area contributed by atoms with Gasteiger partial charge in [0.1, 0.15) is 26.9 Å². The zero-order valence-electron chi connectivity index (χ0n) is 26.3. The maximum atomic E-state index is 12.5. The highest BCUT2D eigenvalue weighted by atomic mass is 35.5. The van der Waals surface area contributed by atoms with Crippen molar-refractivity contribution in [2.24, 2.45) is 0 Å². The number of anilines is 3. The topological polar surface area (TPSA) is 179 Å². The molecule has 0 bridgehead atoms. The molecule has 3 aliphatic heterocycles. The van der Waals surface area contributed by atoms with E-state index in [9.17, 15) is 18.6 Å². The Morgan fingerprint density at radius 3 is 2.00 bits per heavy atom. The average Bonchev–Trinajstić information content (AvgIpc) is 3.91. The van der Waals surface area contributed by atoms with Crippen molar-refractivity contribution in [3.05, 3.63) is 46.8 Å². The maximum absolute atomic E-state index is 12.5. The van der Waals surface area contributed by atoms with Gasteiger partial charge in [0.2, 0.25) is 11.2 Å². The summed E-state index contributed by atoms with van der Waals surface area (Å²) in [6.45, 7) is 1.74. The molecule has 0 spiro atoms. The van der Waals surface area contributed by atoms with Gasteiger partial charge in [0.15, 0.2) is 11.5 Å². The molecule has 2 saturated carbocycles. The fourth-order valence-electron chi connectivity index (χ4n) is 6.50. The molecule has 5 aliphatic rings. The third-order valence-electron chi connectivity index (χ3n) is 9.85. The number of piperidine rings is 1. The van der Waals surface area contributed by atoms with Crippen molar-refractivity contribution in [2.45, 2.75) is 78.2 Å². The van der Waals surface area contributed by atoms with Crippen molar-refractivity contribution in [2.75, 3.05) is 53.3 Å². The van der Waals surface area contributed by atoms with Crippen LogP contribution in [0.2, 0.25) is 5.28 Å². The molecule has 0 radical (unpaired) electrons.